The summed E-state index contributed by atoms with van der Waals surface area (Å²) in [7, 11) is -8.84. The normalized spacial score (nSPS) is 13.4. The van der Waals surface area contributed by atoms with E-state index in [0.29, 0.717) is 79.5 Å². The Morgan fingerprint density at radius 2 is 0.511 bits per heavy atom. The molecule has 0 radical (unpaired) electrons. The summed E-state index contributed by atoms with van der Waals surface area (Å²) >= 11 is 0. The van der Waals surface area contributed by atoms with Gasteiger partial charge in [0.1, 0.15) is 45.3 Å². The van der Waals surface area contributed by atoms with Crippen molar-refractivity contribution in [1.29, 1.82) is 0 Å². The fraction of sp³-hybridized carbons (Fsp3) is 0.368. The maximum atomic E-state index is 7.50. The molecule has 10 aromatic rings. The van der Waals surface area contributed by atoms with E-state index in [0.717, 1.165) is 66.1 Å². The Hall–Kier alpha value is -7.18. The van der Waals surface area contributed by atoms with Crippen LogP contribution in [0, 0.1) is 27.7 Å². The average Bonchev–Trinajstić information content (AvgIpc) is 1.42. The summed E-state index contributed by atoms with van der Waals surface area (Å²) in [6.45, 7) is 43.7. The van der Waals surface area contributed by atoms with E-state index in [2.05, 4.69) is 187 Å². The highest BCUT2D eigenvalue weighted by Gasteiger charge is 2.37. The molecular weight excluding hydrogens is 1230 g/mol. The first-order chi connectivity index (χ1) is 43.8. The van der Waals surface area contributed by atoms with Crippen LogP contribution in [0.1, 0.15) is 225 Å². The highest BCUT2D eigenvalue weighted by atomic mass is 31.2. The van der Waals surface area contributed by atoms with Gasteiger partial charge in [0.2, 0.25) is 0 Å². The van der Waals surface area contributed by atoms with Crippen LogP contribution in [0.4, 0.5) is 0 Å². The zero-order valence-electron chi connectivity index (χ0n) is 56.7. The fourth-order valence-corrected chi connectivity index (χ4v) is 16.1. The van der Waals surface area contributed by atoms with E-state index >= 15 is 0 Å². The minimum atomic E-state index is -2.33. The average molecular weight is 1320 g/mol. The second-order valence-corrected chi connectivity index (χ2v) is 31.2. The van der Waals surface area contributed by atoms with Gasteiger partial charge in [-0.3, -0.25) is 0 Å². The molecule has 92 heavy (non-hydrogen) atoms. The summed E-state index contributed by atoms with van der Waals surface area (Å²) in [4.78, 5) is 0. The lowest BCUT2D eigenvalue weighted by atomic mass is 9.89. The Labute approximate surface area is 546 Å². The molecular formula is C76H86O12P4. The lowest BCUT2D eigenvalue weighted by Crippen LogP contribution is -2.01. The number of fused-ring (bicyclic) bond motifs is 8. The number of hydrogen-bond acceptors (Lipinski definition) is 12. The zero-order valence-corrected chi connectivity index (χ0v) is 60.3. The van der Waals surface area contributed by atoms with Gasteiger partial charge in [-0.15, -0.1) is 0 Å². The maximum Gasteiger partial charge on any atom is 0.530 e. The van der Waals surface area contributed by atoms with E-state index < -0.39 is 33.7 Å². The molecule has 0 bridgehead atoms. The van der Waals surface area contributed by atoms with Crippen molar-refractivity contribution in [2.24, 2.45) is 0 Å². The smallest absolute Gasteiger partial charge is 0.408 e. The van der Waals surface area contributed by atoms with Crippen LogP contribution in [0.3, 0.4) is 0 Å². The third kappa shape index (κ3) is 12.7. The molecule has 0 aliphatic carbocycles. The van der Waals surface area contributed by atoms with Crippen LogP contribution in [0.2, 0.25) is 0 Å². The van der Waals surface area contributed by atoms with Gasteiger partial charge in [-0.05, 0) is 215 Å². The molecule has 482 valence electrons. The van der Waals surface area contributed by atoms with Gasteiger partial charge in [-0.25, -0.2) is 0 Å². The van der Waals surface area contributed by atoms with Gasteiger partial charge >= 0.3 is 33.7 Å². The number of benzene rings is 8. The van der Waals surface area contributed by atoms with E-state index in [1.54, 1.807) is 0 Å². The van der Waals surface area contributed by atoms with Crippen molar-refractivity contribution >= 4 is 77.6 Å². The molecule has 0 saturated carbocycles. The van der Waals surface area contributed by atoms with Crippen LogP contribution in [0.25, 0.3) is 55.0 Å². The van der Waals surface area contributed by atoms with E-state index in [9.17, 15) is 0 Å². The summed E-state index contributed by atoms with van der Waals surface area (Å²) in [5.74, 6) is 4.93. The minimum Gasteiger partial charge on any atom is -0.408 e. The van der Waals surface area contributed by atoms with Gasteiger partial charge in [0.25, 0.3) is 0 Å². The summed E-state index contributed by atoms with van der Waals surface area (Å²) in [5.41, 5.74) is 16.9. The molecule has 8 aromatic carbocycles. The van der Waals surface area contributed by atoms with E-state index in [4.69, 9.17) is 53.0 Å². The van der Waals surface area contributed by atoms with Crippen molar-refractivity contribution in [2.45, 2.75) is 186 Å². The molecule has 0 saturated heterocycles. The van der Waals surface area contributed by atoms with Crippen molar-refractivity contribution < 1.29 is 53.0 Å². The standard InChI is InChI=1S/C76H86O12P4/c1-39(2)51-31-55(43(9)10)73-59(35-51)60-36-52(40(3)4)32-56(44(11)12)74(60)86-91(85-73)79-65-25-21-23-63(77-89-81-67-27-47(17)48(18)28-68(67)82-89)71(65)72-64(78-90-83-69-29-49(19)50(20)30-70(69)84-90)24-22-26-66(72)80-92-87-75-57(45(13)14)33-53(41(5)6)37-61(75)62-38-54(42(7)8)34-58(46(15)16)76(62)88-92/h21-46H,1-20H3. The largest absolute Gasteiger partial charge is 0.530 e. The summed E-state index contributed by atoms with van der Waals surface area (Å²) < 4.78 is 85.0. The molecule has 12 nitrogen and oxygen atoms in total. The lowest BCUT2D eigenvalue weighted by molar-refractivity contribution is 0.429. The second kappa shape index (κ2) is 26.0. The monoisotopic (exact) mass is 1310 g/mol. The molecule has 2 aliphatic heterocycles. The molecule has 12 rings (SSSR count). The Balaban J connectivity index is 1.15. The van der Waals surface area contributed by atoms with Crippen LogP contribution in [0.5, 0.6) is 46.0 Å². The molecule has 4 heterocycles. The van der Waals surface area contributed by atoms with E-state index in [1.807, 2.05) is 60.7 Å². The van der Waals surface area contributed by atoms with Gasteiger partial charge in [0.05, 0.1) is 11.1 Å². The quantitative estimate of drug-likeness (QED) is 0.0806. The molecule has 16 heteroatoms. The molecule has 0 fully saturated rings. The SMILES string of the molecule is Cc1cc2c(cc1C)OP(Oc1cccc(Op3oc4c(C(C)C)cc(C(C)C)cc4c4cc(C(C)C)cc(C(C)C)c4o3)c1-c1c(OP3Oc4cc(C)c(C)cc4O3)cccc1Op1oc3c(C(C)C)cc(C(C)C)cc3c3cc(C(C)C)cc(C(C)C)c3o1)O2. The molecule has 2 aliphatic rings. The molecule has 0 unspecified atom stereocenters. The predicted molar refractivity (Wildman–Crippen MR) is 379 cm³/mol. The van der Waals surface area contributed by atoms with Crippen molar-refractivity contribution in [3.63, 3.8) is 0 Å². The molecule has 2 aromatic heterocycles. The second-order valence-electron chi connectivity index (χ2n) is 27.2. The number of rotatable bonds is 17. The molecule has 0 N–H and O–H groups in total. The number of aryl methyl sites for hydroxylation is 4. The number of hydrogen-bond donors (Lipinski definition) is 0. The van der Waals surface area contributed by atoms with Crippen molar-refractivity contribution in [3.8, 4) is 57.1 Å². The van der Waals surface area contributed by atoms with E-state index in [1.165, 1.54) is 22.3 Å². The third-order valence-corrected chi connectivity index (χ3v) is 21.8. The van der Waals surface area contributed by atoms with Crippen molar-refractivity contribution in [1.82, 2.24) is 0 Å². The van der Waals surface area contributed by atoms with Crippen LogP contribution in [-0.4, -0.2) is 0 Å². The molecule has 0 atom stereocenters. The summed E-state index contributed by atoms with van der Waals surface area (Å²) in [6, 6.07) is 37.4. The van der Waals surface area contributed by atoms with Gasteiger partial charge in [-0.1, -0.05) is 147 Å². The predicted octanol–water partition coefficient (Wildman–Crippen LogP) is 26.6. The van der Waals surface area contributed by atoms with E-state index in [-0.39, 0.29) is 47.3 Å². The van der Waals surface area contributed by atoms with Crippen molar-refractivity contribution in [2.75, 3.05) is 0 Å². The molecule has 0 spiro atoms. The van der Waals surface area contributed by atoms with Gasteiger partial charge in [-0.2, -0.15) is 0 Å². The first-order valence-electron chi connectivity index (χ1n) is 32.4. The van der Waals surface area contributed by atoms with Crippen molar-refractivity contribution in [3.05, 3.63) is 176 Å². The van der Waals surface area contributed by atoms with Gasteiger partial charge < -0.3 is 53.0 Å². The van der Waals surface area contributed by atoms with Crippen LogP contribution < -0.4 is 36.2 Å². The fourth-order valence-electron chi connectivity index (χ4n) is 11.7. The van der Waals surface area contributed by atoms with Gasteiger partial charge in [0, 0.05) is 21.5 Å². The highest BCUT2D eigenvalue weighted by Crippen LogP contribution is 2.61. The maximum absolute atomic E-state index is 7.50. The Kier molecular flexibility index (Phi) is 18.3. The molecule has 0 amide bonds. The summed E-state index contributed by atoms with van der Waals surface area (Å²) in [6.07, 6.45) is 0. The third-order valence-electron chi connectivity index (χ3n) is 17.7. The van der Waals surface area contributed by atoms with Crippen LogP contribution in [-0.2, 0) is 0 Å². The lowest BCUT2D eigenvalue weighted by Gasteiger charge is -2.21. The van der Waals surface area contributed by atoms with Crippen LogP contribution >= 0.6 is 33.7 Å². The topological polar surface area (TPSA) is 126 Å². The first kappa shape index (κ1) is 64.9. The van der Waals surface area contributed by atoms with Gasteiger partial charge in [0.15, 0.2) is 23.0 Å². The zero-order chi connectivity index (χ0) is 65.5. The highest BCUT2D eigenvalue weighted by molar-refractivity contribution is 7.43. The Morgan fingerprint density at radius 1 is 0.283 bits per heavy atom. The summed E-state index contributed by atoms with van der Waals surface area (Å²) in [5, 5.41) is 3.85. The Morgan fingerprint density at radius 3 is 0.728 bits per heavy atom. The minimum absolute atomic E-state index is 0.0816. The first-order valence-corrected chi connectivity index (χ1v) is 36.7. The van der Waals surface area contributed by atoms with Crippen LogP contribution in [0.15, 0.2) is 126 Å². The Bertz CT molecular complexity index is 4080.